The van der Waals surface area contributed by atoms with Crippen LogP contribution in [0.3, 0.4) is 0 Å². The van der Waals surface area contributed by atoms with E-state index < -0.39 is 0 Å². The largest absolute Gasteiger partial charge is 0.393 e. The summed E-state index contributed by atoms with van der Waals surface area (Å²) in [7, 11) is 4.18. The predicted octanol–water partition coefficient (Wildman–Crippen LogP) is 2.13. The Kier molecular flexibility index (Phi) is 6.49. The topological polar surface area (TPSA) is 87.0 Å². The van der Waals surface area contributed by atoms with Gasteiger partial charge in [-0.1, -0.05) is 0 Å². The van der Waals surface area contributed by atoms with Gasteiger partial charge in [0.15, 0.2) is 0 Å². The van der Waals surface area contributed by atoms with E-state index in [-0.39, 0.29) is 11.2 Å². The molecule has 2 aromatic heterocycles. The molecule has 0 aliphatic rings. The lowest BCUT2D eigenvalue weighted by atomic mass is 10.2. The zero-order chi connectivity index (χ0) is 16.8. The molecule has 23 heavy (non-hydrogen) atoms. The van der Waals surface area contributed by atoms with Gasteiger partial charge < -0.3 is 16.0 Å². The molecule has 0 aromatic carbocycles. The van der Waals surface area contributed by atoms with Crippen molar-refractivity contribution in [1.29, 1.82) is 0 Å². The van der Waals surface area contributed by atoms with Crippen molar-refractivity contribution in [2.45, 2.75) is 19.2 Å². The molecular weight excluding hydrogens is 330 g/mol. The summed E-state index contributed by atoms with van der Waals surface area (Å²) in [6, 6.07) is 2.28. The fraction of sp³-hybridized carbons (Fsp3) is 0.467. The number of thiophene rings is 1. The van der Waals surface area contributed by atoms with Crippen LogP contribution in [0.2, 0.25) is 0 Å². The van der Waals surface area contributed by atoms with E-state index in [4.69, 9.17) is 5.73 Å². The molecule has 0 unspecified atom stereocenters. The Bertz CT molecular complexity index is 695. The summed E-state index contributed by atoms with van der Waals surface area (Å²) in [6.07, 6.45) is 1.37. The lowest BCUT2D eigenvalue weighted by molar-refractivity contribution is 0.405. The third-order valence-electron chi connectivity index (χ3n) is 3.14. The molecule has 0 aliphatic heterocycles. The molecule has 0 aliphatic carbocycles. The Morgan fingerprint density at radius 1 is 1.48 bits per heavy atom. The highest BCUT2D eigenvalue weighted by atomic mass is 32.2. The molecule has 0 saturated heterocycles. The molecule has 126 valence electrons. The van der Waals surface area contributed by atoms with Crippen molar-refractivity contribution in [3.8, 4) is 0 Å². The minimum atomic E-state index is -0.308. The summed E-state index contributed by atoms with van der Waals surface area (Å²) in [5.74, 6) is 2.41. The highest BCUT2D eigenvalue weighted by Crippen LogP contribution is 2.26. The molecule has 8 heteroatoms. The molecule has 0 bridgehead atoms. The second-order valence-electron chi connectivity index (χ2n) is 5.55. The predicted molar refractivity (Wildman–Crippen MR) is 100 cm³/mol. The van der Waals surface area contributed by atoms with Crippen LogP contribution in [0, 0.1) is 6.92 Å². The first-order valence-corrected chi connectivity index (χ1v) is 9.32. The van der Waals surface area contributed by atoms with Crippen molar-refractivity contribution in [2.24, 2.45) is 0 Å². The van der Waals surface area contributed by atoms with Crippen LogP contribution < -0.4 is 16.6 Å². The molecule has 0 spiro atoms. The number of hydrogen-bond donors (Lipinski definition) is 3. The van der Waals surface area contributed by atoms with E-state index >= 15 is 0 Å². The van der Waals surface area contributed by atoms with Crippen molar-refractivity contribution >= 4 is 34.7 Å². The molecule has 0 saturated carbocycles. The number of H-pyrrole nitrogens is 1. The van der Waals surface area contributed by atoms with Gasteiger partial charge in [0, 0.05) is 34.3 Å². The maximum Gasteiger partial charge on any atom is 0.275 e. The molecular formula is C15H23N5OS2. The number of nitrogens with zero attached hydrogens (tertiary/aromatic N) is 2. The summed E-state index contributed by atoms with van der Waals surface area (Å²) >= 11 is 3.75. The third kappa shape index (κ3) is 5.56. The van der Waals surface area contributed by atoms with Crippen LogP contribution >= 0.6 is 23.1 Å². The summed E-state index contributed by atoms with van der Waals surface area (Å²) in [5, 5.41) is 3.10. The molecule has 2 heterocycles. The van der Waals surface area contributed by atoms with Gasteiger partial charge in [-0.15, -0.1) is 11.3 Å². The Balaban J connectivity index is 1.73. The van der Waals surface area contributed by atoms with E-state index in [1.165, 1.54) is 21.5 Å². The number of anilines is 2. The number of thioether (sulfide) groups is 1. The number of aromatic nitrogens is 2. The molecule has 2 aromatic rings. The van der Waals surface area contributed by atoms with E-state index in [9.17, 15) is 4.79 Å². The number of aryl methyl sites for hydroxylation is 1. The number of hydrogen-bond acceptors (Lipinski definition) is 7. The van der Waals surface area contributed by atoms with E-state index in [1.54, 1.807) is 0 Å². The van der Waals surface area contributed by atoms with Crippen LogP contribution in [0.4, 0.5) is 11.6 Å². The Hall–Kier alpha value is -1.51. The number of nitrogens with two attached hydrogens (primary N) is 1. The Morgan fingerprint density at radius 3 is 2.96 bits per heavy atom. The van der Waals surface area contributed by atoms with Gasteiger partial charge in [0.1, 0.15) is 5.69 Å². The lowest BCUT2D eigenvalue weighted by Crippen LogP contribution is -2.16. The SMILES string of the molecule is Cc1cc(CSCCNc2ncc(N)c(=O)[nH]2)sc1CN(C)C. The first-order valence-electron chi connectivity index (χ1n) is 7.35. The van der Waals surface area contributed by atoms with Crippen LogP contribution in [0.25, 0.3) is 0 Å². The first kappa shape index (κ1) is 17.8. The second kappa shape index (κ2) is 8.37. The summed E-state index contributed by atoms with van der Waals surface area (Å²) in [5.41, 5.74) is 6.63. The number of nitrogen functional groups attached to an aromatic ring is 1. The van der Waals surface area contributed by atoms with Crippen molar-refractivity contribution in [1.82, 2.24) is 14.9 Å². The number of aromatic amines is 1. The van der Waals surface area contributed by atoms with Crippen LogP contribution in [0.5, 0.6) is 0 Å². The van der Waals surface area contributed by atoms with Gasteiger partial charge in [-0.25, -0.2) is 4.98 Å². The van der Waals surface area contributed by atoms with Gasteiger partial charge in [-0.2, -0.15) is 11.8 Å². The highest BCUT2D eigenvalue weighted by molar-refractivity contribution is 7.98. The third-order valence-corrected chi connectivity index (χ3v) is 5.55. The quantitative estimate of drug-likeness (QED) is 0.630. The van der Waals surface area contributed by atoms with E-state index in [2.05, 4.69) is 47.3 Å². The summed E-state index contributed by atoms with van der Waals surface area (Å²) in [4.78, 5) is 23.0. The fourth-order valence-corrected chi connectivity index (χ4v) is 4.27. The minimum absolute atomic E-state index is 0.131. The van der Waals surface area contributed by atoms with E-state index in [1.807, 2.05) is 23.1 Å². The first-order chi connectivity index (χ1) is 11.0. The molecule has 4 N–H and O–H groups in total. The van der Waals surface area contributed by atoms with Crippen molar-refractivity contribution < 1.29 is 0 Å². The standard InChI is InChI=1S/C15H23N5OS2/c1-10-6-11(23-13(10)8-20(2)3)9-22-5-4-17-15-18-7-12(16)14(21)19-15/h6-7H,4-5,8-9,16H2,1-3H3,(H2,17,18,19,21). The summed E-state index contributed by atoms with van der Waals surface area (Å²) in [6.45, 7) is 3.92. The van der Waals surface area contributed by atoms with Crippen molar-refractivity contribution in [2.75, 3.05) is 37.4 Å². The van der Waals surface area contributed by atoms with Crippen molar-refractivity contribution in [3.05, 3.63) is 37.9 Å². The van der Waals surface area contributed by atoms with Crippen LogP contribution in [-0.2, 0) is 12.3 Å². The average Bonchev–Trinajstić information content (AvgIpc) is 2.82. The summed E-state index contributed by atoms with van der Waals surface area (Å²) < 4.78 is 0. The van der Waals surface area contributed by atoms with E-state index in [0.717, 1.165) is 24.6 Å². The molecule has 6 nitrogen and oxygen atoms in total. The van der Waals surface area contributed by atoms with Gasteiger partial charge >= 0.3 is 0 Å². The number of rotatable bonds is 8. The zero-order valence-electron chi connectivity index (χ0n) is 13.7. The Labute approximate surface area is 144 Å². The maximum atomic E-state index is 11.4. The normalized spacial score (nSPS) is 11.1. The smallest absolute Gasteiger partial charge is 0.275 e. The van der Waals surface area contributed by atoms with Crippen LogP contribution in [-0.4, -0.2) is 41.3 Å². The van der Waals surface area contributed by atoms with Gasteiger partial charge in [-0.05, 0) is 32.6 Å². The Morgan fingerprint density at radius 2 is 2.26 bits per heavy atom. The molecule has 0 radical (unpaired) electrons. The lowest BCUT2D eigenvalue weighted by Gasteiger charge is -2.07. The minimum Gasteiger partial charge on any atom is -0.393 e. The number of nitrogens with one attached hydrogen (secondary N) is 2. The van der Waals surface area contributed by atoms with Crippen LogP contribution in [0.15, 0.2) is 17.1 Å². The molecule has 2 rings (SSSR count). The van der Waals surface area contributed by atoms with Crippen LogP contribution in [0.1, 0.15) is 15.3 Å². The maximum absolute atomic E-state index is 11.4. The van der Waals surface area contributed by atoms with Gasteiger partial charge in [0.2, 0.25) is 5.95 Å². The molecule has 0 amide bonds. The fourth-order valence-electron chi connectivity index (χ4n) is 2.01. The van der Waals surface area contributed by atoms with Gasteiger partial charge in [0.05, 0.1) is 6.20 Å². The van der Waals surface area contributed by atoms with Gasteiger partial charge in [-0.3, -0.25) is 9.78 Å². The molecule has 0 fully saturated rings. The van der Waals surface area contributed by atoms with Crippen molar-refractivity contribution in [3.63, 3.8) is 0 Å². The van der Waals surface area contributed by atoms with Gasteiger partial charge in [0.25, 0.3) is 5.56 Å². The monoisotopic (exact) mass is 353 g/mol. The zero-order valence-corrected chi connectivity index (χ0v) is 15.3. The van der Waals surface area contributed by atoms with E-state index in [0.29, 0.717) is 5.95 Å². The highest BCUT2D eigenvalue weighted by Gasteiger charge is 2.06. The second-order valence-corrected chi connectivity index (χ2v) is 7.88. The molecule has 0 atom stereocenters. The average molecular weight is 354 g/mol.